The van der Waals surface area contributed by atoms with Gasteiger partial charge in [-0.05, 0) is 74.3 Å². The number of pyridine rings is 1. The van der Waals surface area contributed by atoms with Crippen molar-refractivity contribution >= 4 is 34.1 Å². The summed E-state index contributed by atoms with van der Waals surface area (Å²) in [6.45, 7) is 9.67. The summed E-state index contributed by atoms with van der Waals surface area (Å²) in [5, 5.41) is 5.35. The zero-order valence-electron chi connectivity index (χ0n) is 30.4. The summed E-state index contributed by atoms with van der Waals surface area (Å²) >= 11 is 1.49. The molecule has 1 aromatic carbocycles. The van der Waals surface area contributed by atoms with Gasteiger partial charge in [0.05, 0.1) is 52.9 Å². The number of cyclic esters (lactones) is 1. The number of hydrogen-bond acceptors (Lipinski definition) is 11. The maximum atomic E-state index is 13.5. The van der Waals surface area contributed by atoms with E-state index in [1.54, 1.807) is 7.11 Å². The van der Waals surface area contributed by atoms with Crippen LogP contribution in [-0.2, 0) is 43.2 Å². The fourth-order valence-corrected chi connectivity index (χ4v) is 8.99. The van der Waals surface area contributed by atoms with Gasteiger partial charge in [0.25, 0.3) is 5.91 Å². The number of nitrogens with two attached hydrogens (primary N) is 1. The summed E-state index contributed by atoms with van der Waals surface area (Å²) in [5.74, 6) is 0.535. The van der Waals surface area contributed by atoms with Gasteiger partial charge in [-0.3, -0.25) is 19.6 Å². The molecule has 6 bridgehead atoms. The van der Waals surface area contributed by atoms with Crippen LogP contribution in [0.3, 0.4) is 0 Å². The molecule has 12 nitrogen and oxygen atoms in total. The van der Waals surface area contributed by atoms with Gasteiger partial charge in [0.1, 0.15) is 18.4 Å². The van der Waals surface area contributed by atoms with Gasteiger partial charge in [-0.1, -0.05) is 13.8 Å². The lowest BCUT2D eigenvalue weighted by Gasteiger charge is -2.34. The van der Waals surface area contributed by atoms with Gasteiger partial charge in [0.2, 0.25) is 0 Å². The summed E-state index contributed by atoms with van der Waals surface area (Å²) in [6.07, 6.45) is 5.85. The van der Waals surface area contributed by atoms with E-state index in [0.29, 0.717) is 51.3 Å². The molecular weight excluding hydrogens is 681 g/mol. The second-order valence-electron chi connectivity index (χ2n) is 15.4. The maximum Gasteiger partial charge on any atom is 0.324 e. The smallest absolute Gasteiger partial charge is 0.324 e. The third-order valence-corrected chi connectivity index (χ3v) is 11.9. The van der Waals surface area contributed by atoms with Crippen LogP contribution in [0.2, 0.25) is 0 Å². The summed E-state index contributed by atoms with van der Waals surface area (Å²) in [7, 11) is 1.72. The number of nitrogens with zero attached hydrogens (tertiary/aromatic N) is 4. The molecule has 0 spiro atoms. The summed E-state index contributed by atoms with van der Waals surface area (Å²) < 4.78 is 26.5. The van der Waals surface area contributed by atoms with Crippen molar-refractivity contribution in [2.24, 2.45) is 11.1 Å². The number of ether oxygens (including phenoxy) is 4. The van der Waals surface area contributed by atoms with Gasteiger partial charge in [0.15, 0.2) is 0 Å². The van der Waals surface area contributed by atoms with Crippen LogP contribution in [0.5, 0.6) is 5.75 Å². The van der Waals surface area contributed by atoms with E-state index in [1.165, 1.54) is 21.9 Å². The molecular formula is C39H48N6O6S. The highest BCUT2D eigenvalue weighted by Gasteiger charge is 2.35. The summed E-state index contributed by atoms with van der Waals surface area (Å²) in [5.41, 5.74) is 17.3. The predicted octanol–water partition coefficient (Wildman–Crippen LogP) is 5.31. The first-order chi connectivity index (χ1) is 25.1. The Labute approximate surface area is 307 Å². The topological polar surface area (TPSA) is 143 Å². The van der Waals surface area contributed by atoms with Crippen molar-refractivity contribution in [3.63, 3.8) is 0 Å². The SMILES string of the molecule is CO[C@@H](C)c1ncc(C2CCOCC2)cc1-c1c2c3cc(cc4c3n1CCO4)-c1csc(n1)C[C@H](N)C(=O)N1CCC[C@H](N1)C(=O)OCC(C)(C)C2. The molecule has 0 radical (unpaired) electrons. The number of amides is 1. The third-order valence-electron chi connectivity index (χ3n) is 11.0. The summed E-state index contributed by atoms with van der Waals surface area (Å²) in [4.78, 5) is 37.0. The van der Waals surface area contributed by atoms with Crippen LogP contribution in [0.1, 0.15) is 80.3 Å². The van der Waals surface area contributed by atoms with Gasteiger partial charge >= 0.3 is 5.97 Å². The molecule has 3 atom stereocenters. The van der Waals surface area contributed by atoms with Crippen LogP contribution >= 0.6 is 11.3 Å². The fraction of sp³-hybridized carbons (Fsp3) is 0.538. The van der Waals surface area contributed by atoms with Crippen LogP contribution in [0.4, 0.5) is 0 Å². The number of aromatic nitrogens is 3. The molecule has 2 saturated heterocycles. The van der Waals surface area contributed by atoms with Crippen molar-refractivity contribution in [2.45, 2.75) is 89.9 Å². The molecule has 2 fully saturated rings. The molecule has 0 unspecified atom stereocenters. The standard InChI is InChI=1S/C39H48N6O6S/c1-22(48-4)34-27(15-25(19-41-34)23-7-11-49-12-8-23)35-28-18-39(2,3)21-51-38(47)30-6-5-9-45(43-30)37(46)29(40)17-33-42-31(20-52-33)24-14-26(28)36-32(16-24)50-13-10-44(35)36/h14-16,19-20,22-23,29-30,43H,5-13,17-18,21,40H2,1-4H3/t22-,29-,30-/m0/s1. The Morgan fingerprint density at radius 1 is 1.10 bits per heavy atom. The fourth-order valence-electron chi connectivity index (χ4n) is 8.13. The molecule has 7 heterocycles. The zero-order valence-corrected chi connectivity index (χ0v) is 31.2. The number of benzene rings is 1. The van der Waals surface area contributed by atoms with Crippen molar-refractivity contribution in [1.29, 1.82) is 0 Å². The van der Waals surface area contributed by atoms with Crippen LogP contribution < -0.4 is 15.9 Å². The number of fused-ring (bicyclic) bond motifs is 6. The highest BCUT2D eigenvalue weighted by atomic mass is 32.1. The van der Waals surface area contributed by atoms with E-state index in [0.717, 1.165) is 81.5 Å². The first-order valence-corrected chi connectivity index (χ1v) is 19.4. The van der Waals surface area contributed by atoms with E-state index in [4.69, 9.17) is 34.6 Å². The highest BCUT2D eigenvalue weighted by molar-refractivity contribution is 7.10. The van der Waals surface area contributed by atoms with Crippen LogP contribution in [0, 0.1) is 5.41 Å². The van der Waals surface area contributed by atoms with E-state index >= 15 is 0 Å². The van der Waals surface area contributed by atoms with Crippen molar-refractivity contribution in [3.8, 4) is 28.3 Å². The molecule has 4 aliphatic rings. The lowest BCUT2D eigenvalue weighted by Crippen LogP contribution is -2.59. The van der Waals surface area contributed by atoms with Crippen molar-refractivity contribution in [3.05, 3.63) is 51.6 Å². The lowest BCUT2D eigenvalue weighted by molar-refractivity contribution is -0.154. The first-order valence-electron chi connectivity index (χ1n) is 18.5. The second-order valence-corrected chi connectivity index (χ2v) is 16.3. The van der Waals surface area contributed by atoms with Crippen LogP contribution in [-0.4, -0.2) is 83.6 Å². The van der Waals surface area contributed by atoms with Crippen LogP contribution in [0.15, 0.2) is 29.8 Å². The molecule has 4 aromatic rings. The van der Waals surface area contributed by atoms with Crippen LogP contribution in [0.25, 0.3) is 33.4 Å². The Morgan fingerprint density at radius 2 is 1.92 bits per heavy atom. The minimum absolute atomic E-state index is 0.198. The number of carbonyl (C=O) groups excluding carboxylic acids is 2. The van der Waals surface area contributed by atoms with E-state index in [-0.39, 0.29) is 24.6 Å². The molecule has 3 aromatic heterocycles. The Bertz CT molecular complexity index is 2000. The molecule has 0 saturated carbocycles. The van der Waals surface area contributed by atoms with Gasteiger partial charge in [-0.2, -0.15) is 0 Å². The van der Waals surface area contributed by atoms with E-state index in [2.05, 4.69) is 42.0 Å². The van der Waals surface area contributed by atoms with Crippen molar-refractivity contribution < 1.29 is 28.5 Å². The normalized spacial score (nSPS) is 23.2. The monoisotopic (exact) mass is 728 g/mol. The van der Waals surface area contributed by atoms with E-state index in [1.807, 2.05) is 18.5 Å². The number of carbonyl (C=O) groups is 2. The number of methoxy groups -OCH3 is 1. The number of thiazole rings is 1. The zero-order chi connectivity index (χ0) is 36.1. The maximum absolute atomic E-state index is 13.5. The molecule has 8 rings (SSSR count). The average Bonchev–Trinajstić information content (AvgIpc) is 3.75. The Balaban J connectivity index is 1.32. The molecule has 13 heteroatoms. The summed E-state index contributed by atoms with van der Waals surface area (Å²) in [6, 6.07) is 5.19. The molecule has 1 amide bonds. The van der Waals surface area contributed by atoms with Crippen molar-refractivity contribution in [1.82, 2.24) is 25.0 Å². The lowest BCUT2D eigenvalue weighted by atomic mass is 9.83. The molecule has 3 N–H and O–H groups in total. The number of hydrogen-bond donors (Lipinski definition) is 2. The predicted molar refractivity (Wildman–Crippen MR) is 198 cm³/mol. The van der Waals surface area contributed by atoms with Gasteiger partial charge in [0, 0.05) is 66.8 Å². The van der Waals surface area contributed by atoms with Crippen molar-refractivity contribution in [2.75, 3.05) is 40.1 Å². The first kappa shape index (κ1) is 35.2. The minimum Gasteiger partial charge on any atom is -0.489 e. The van der Waals surface area contributed by atoms with E-state index < -0.39 is 17.5 Å². The Morgan fingerprint density at radius 3 is 2.73 bits per heavy atom. The second kappa shape index (κ2) is 14.2. The third kappa shape index (κ3) is 6.62. The molecule has 0 aliphatic carbocycles. The number of hydrazine groups is 1. The Kier molecular flexibility index (Phi) is 9.58. The highest BCUT2D eigenvalue weighted by Crippen LogP contribution is 2.47. The van der Waals surface area contributed by atoms with Gasteiger partial charge < -0.3 is 29.2 Å². The van der Waals surface area contributed by atoms with E-state index in [9.17, 15) is 9.59 Å². The molecule has 276 valence electrons. The largest absolute Gasteiger partial charge is 0.489 e. The Hall–Kier alpha value is -3.88. The van der Waals surface area contributed by atoms with Gasteiger partial charge in [-0.15, -0.1) is 11.3 Å². The minimum atomic E-state index is -0.802. The number of esters is 1. The quantitative estimate of drug-likeness (QED) is 0.266. The number of rotatable bonds is 4. The van der Waals surface area contributed by atoms with Gasteiger partial charge in [-0.25, -0.2) is 10.4 Å². The molecule has 4 aliphatic heterocycles. The average molecular weight is 729 g/mol. The number of nitrogens with one attached hydrogen (secondary N) is 1. The molecule has 52 heavy (non-hydrogen) atoms.